The summed E-state index contributed by atoms with van der Waals surface area (Å²) in [7, 11) is 0. The summed E-state index contributed by atoms with van der Waals surface area (Å²) in [5.41, 5.74) is 0. The van der Waals surface area contributed by atoms with Crippen molar-refractivity contribution >= 4 is 18.3 Å². The van der Waals surface area contributed by atoms with Crippen molar-refractivity contribution in [1.29, 1.82) is 0 Å². The molecular formula is C12H21ClF2N2O. The Kier molecular flexibility index (Phi) is 5.34. The molecule has 18 heavy (non-hydrogen) atoms. The molecule has 1 aliphatic carbocycles. The number of nitrogens with zero attached hydrogens (tertiary/aromatic N) is 1. The second-order valence-electron chi connectivity index (χ2n) is 5.22. The van der Waals surface area contributed by atoms with Gasteiger partial charge in [-0.15, -0.1) is 12.4 Å². The second kappa shape index (κ2) is 6.15. The molecule has 2 fully saturated rings. The Morgan fingerprint density at radius 3 is 2.50 bits per heavy atom. The highest BCUT2D eigenvalue weighted by molar-refractivity contribution is 5.85. The molecule has 0 unspecified atom stereocenters. The molecule has 0 bridgehead atoms. The van der Waals surface area contributed by atoms with Crippen molar-refractivity contribution in [1.82, 2.24) is 10.2 Å². The first-order chi connectivity index (χ1) is 7.99. The first-order valence-electron chi connectivity index (χ1n) is 6.39. The molecule has 2 rings (SSSR count). The van der Waals surface area contributed by atoms with Crippen LogP contribution in [-0.2, 0) is 4.79 Å². The second-order valence-corrected chi connectivity index (χ2v) is 5.22. The van der Waals surface area contributed by atoms with Crippen molar-refractivity contribution < 1.29 is 13.6 Å². The lowest BCUT2D eigenvalue weighted by Crippen LogP contribution is -2.54. The van der Waals surface area contributed by atoms with Gasteiger partial charge in [-0.1, -0.05) is 0 Å². The van der Waals surface area contributed by atoms with Gasteiger partial charge in [0.05, 0.1) is 0 Å². The molecular weight excluding hydrogens is 262 g/mol. The lowest BCUT2D eigenvalue weighted by molar-refractivity contribution is -0.142. The summed E-state index contributed by atoms with van der Waals surface area (Å²) in [6, 6.07) is 0.179. The summed E-state index contributed by atoms with van der Waals surface area (Å²) in [5, 5.41) is 3.22. The third kappa shape index (κ3) is 3.54. The number of carbonyl (C=O) groups is 1. The predicted molar refractivity (Wildman–Crippen MR) is 68.2 cm³/mol. The van der Waals surface area contributed by atoms with Gasteiger partial charge in [0.1, 0.15) is 0 Å². The molecule has 1 aliphatic heterocycles. The third-order valence-electron chi connectivity index (χ3n) is 3.85. The summed E-state index contributed by atoms with van der Waals surface area (Å²) in [5.74, 6) is -2.66. The van der Waals surface area contributed by atoms with Crippen LogP contribution in [-0.4, -0.2) is 42.4 Å². The van der Waals surface area contributed by atoms with Crippen LogP contribution in [0.4, 0.5) is 8.78 Å². The Labute approximate surface area is 113 Å². The zero-order chi connectivity index (χ0) is 12.5. The number of rotatable bonds is 1. The summed E-state index contributed by atoms with van der Waals surface area (Å²) < 4.78 is 26.1. The molecule has 2 aliphatic rings. The Hall–Kier alpha value is -0.420. The molecule has 1 heterocycles. The molecule has 0 aromatic heterocycles. The minimum atomic E-state index is -2.55. The fraction of sp³-hybridized carbons (Fsp3) is 0.917. The molecule has 1 saturated heterocycles. The quantitative estimate of drug-likeness (QED) is 0.798. The Morgan fingerprint density at radius 1 is 1.33 bits per heavy atom. The zero-order valence-electron chi connectivity index (χ0n) is 10.6. The lowest BCUT2D eigenvalue weighted by atomic mass is 9.85. The van der Waals surface area contributed by atoms with Gasteiger partial charge in [-0.3, -0.25) is 4.79 Å². The molecule has 1 N–H and O–H groups in total. The number of piperazine rings is 1. The zero-order valence-corrected chi connectivity index (χ0v) is 11.4. The topological polar surface area (TPSA) is 32.3 Å². The Morgan fingerprint density at radius 2 is 1.94 bits per heavy atom. The minimum Gasteiger partial charge on any atom is -0.337 e. The van der Waals surface area contributed by atoms with Gasteiger partial charge in [-0.05, 0) is 19.8 Å². The van der Waals surface area contributed by atoms with E-state index in [4.69, 9.17) is 0 Å². The molecule has 0 aromatic rings. The van der Waals surface area contributed by atoms with Crippen LogP contribution < -0.4 is 5.32 Å². The maximum atomic E-state index is 13.0. The molecule has 106 valence electrons. The highest BCUT2D eigenvalue weighted by Gasteiger charge is 2.39. The SMILES string of the molecule is C[C@H]1CNCCN1C(=O)C1CCC(F)(F)CC1.Cl. The van der Waals surface area contributed by atoms with Crippen LogP contribution in [0.1, 0.15) is 32.6 Å². The van der Waals surface area contributed by atoms with E-state index in [0.29, 0.717) is 19.4 Å². The maximum Gasteiger partial charge on any atom is 0.248 e. The highest BCUT2D eigenvalue weighted by atomic mass is 35.5. The molecule has 0 aromatic carbocycles. The molecule has 1 atom stereocenters. The van der Waals surface area contributed by atoms with Gasteiger partial charge in [0, 0.05) is 44.4 Å². The number of amides is 1. The fourth-order valence-electron chi connectivity index (χ4n) is 2.69. The third-order valence-corrected chi connectivity index (χ3v) is 3.85. The fourth-order valence-corrected chi connectivity index (χ4v) is 2.69. The van der Waals surface area contributed by atoms with Crippen LogP contribution in [0.3, 0.4) is 0 Å². The standard InChI is InChI=1S/C12H20F2N2O.ClH/c1-9-8-15-6-7-16(9)11(17)10-2-4-12(13,14)5-3-10;/h9-10,15H,2-8H2,1H3;1H/t9-;/m0./s1. The molecule has 0 spiro atoms. The maximum absolute atomic E-state index is 13.0. The van der Waals surface area contributed by atoms with Crippen molar-refractivity contribution in [3.63, 3.8) is 0 Å². The summed E-state index contributed by atoms with van der Waals surface area (Å²) >= 11 is 0. The highest BCUT2D eigenvalue weighted by Crippen LogP contribution is 2.37. The summed E-state index contributed by atoms with van der Waals surface area (Å²) in [6.45, 7) is 4.31. The van der Waals surface area contributed by atoms with E-state index < -0.39 is 5.92 Å². The molecule has 0 radical (unpaired) electrons. The van der Waals surface area contributed by atoms with Crippen LogP contribution in [0.25, 0.3) is 0 Å². The predicted octanol–water partition coefficient (Wildman–Crippen LogP) is 2.05. The van der Waals surface area contributed by atoms with E-state index >= 15 is 0 Å². The van der Waals surface area contributed by atoms with Crippen LogP contribution in [0.15, 0.2) is 0 Å². The monoisotopic (exact) mass is 282 g/mol. The van der Waals surface area contributed by atoms with E-state index in [1.807, 2.05) is 11.8 Å². The van der Waals surface area contributed by atoms with E-state index in [1.54, 1.807) is 0 Å². The van der Waals surface area contributed by atoms with Crippen LogP contribution in [0.2, 0.25) is 0 Å². The normalized spacial score (nSPS) is 28.6. The molecule has 1 amide bonds. The number of halogens is 3. The van der Waals surface area contributed by atoms with Crippen molar-refractivity contribution in [3.05, 3.63) is 0 Å². The minimum absolute atomic E-state index is 0. The first kappa shape index (κ1) is 15.6. The smallest absolute Gasteiger partial charge is 0.248 e. The van der Waals surface area contributed by atoms with E-state index in [-0.39, 0.29) is 43.1 Å². The largest absolute Gasteiger partial charge is 0.337 e. The van der Waals surface area contributed by atoms with E-state index in [2.05, 4.69) is 5.32 Å². The van der Waals surface area contributed by atoms with Crippen LogP contribution in [0.5, 0.6) is 0 Å². The van der Waals surface area contributed by atoms with Gasteiger partial charge < -0.3 is 10.2 Å². The number of hydrogen-bond acceptors (Lipinski definition) is 2. The van der Waals surface area contributed by atoms with Gasteiger partial charge in [0.2, 0.25) is 11.8 Å². The van der Waals surface area contributed by atoms with E-state index in [0.717, 1.165) is 13.1 Å². The Bertz CT molecular complexity index is 292. The van der Waals surface area contributed by atoms with E-state index in [1.165, 1.54) is 0 Å². The van der Waals surface area contributed by atoms with Gasteiger partial charge in [-0.2, -0.15) is 0 Å². The lowest BCUT2D eigenvalue weighted by Gasteiger charge is -2.38. The first-order valence-corrected chi connectivity index (χ1v) is 6.39. The van der Waals surface area contributed by atoms with Gasteiger partial charge in [0.25, 0.3) is 0 Å². The molecule has 1 saturated carbocycles. The summed E-state index contributed by atoms with van der Waals surface area (Å²) in [4.78, 5) is 14.1. The van der Waals surface area contributed by atoms with E-state index in [9.17, 15) is 13.6 Å². The van der Waals surface area contributed by atoms with Gasteiger partial charge in [0.15, 0.2) is 0 Å². The van der Waals surface area contributed by atoms with Crippen LogP contribution >= 0.6 is 12.4 Å². The van der Waals surface area contributed by atoms with Crippen molar-refractivity contribution in [3.8, 4) is 0 Å². The number of carbonyl (C=O) groups excluding carboxylic acids is 1. The Balaban J connectivity index is 0.00000162. The molecule has 3 nitrogen and oxygen atoms in total. The van der Waals surface area contributed by atoms with Crippen molar-refractivity contribution in [2.24, 2.45) is 5.92 Å². The number of alkyl halides is 2. The van der Waals surface area contributed by atoms with Crippen molar-refractivity contribution in [2.45, 2.75) is 44.6 Å². The van der Waals surface area contributed by atoms with Gasteiger partial charge >= 0.3 is 0 Å². The average molecular weight is 283 g/mol. The van der Waals surface area contributed by atoms with Crippen molar-refractivity contribution in [2.75, 3.05) is 19.6 Å². The van der Waals surface area contributed by atoms with Crippen LogP contribution in [0, 0.1) is 5.92 Å². The number of nitrogens with one attached hydrogen (secondary N) is 1. The van der Waals surface area contributed by atoms with Gasteiger partial charge in [-0.25, -0.2) is 8.78 Å². The number of hydrogen-bond donors (Lipinski definition) is 1. The summed E-state index contributed by atoms with van der Waals surface area (Å²) in [6.07, 6.45) is 0.402. The average Bonchev–Trinajstić information content (AvgIpc) is 2.29. The molecule has 6 heteroatoms.